The molecule has 3 unspecified atom stereocenters. The average Bonchev–Trinajstić information content (AvgIpc) is 3.65. The average molecular weight is 689 g/mol. The van der Waals surface area contributed by atoms with Crippen molar-refractivity contribution in [3.8, 4) is 5.75 Å². The molecule has 6 atom stereocenters. The summed E-state index contributed by atoms with van der Waals surface area (Å²) in [4.78, 5) is 47.9. The summed E-state index contributed by atoms with van der Waals surface area (Å²) in [6, 6.07) is 19.8. The molecule has 3 aliphatic rings. The summed E-state index contributed by atoms with van der Waals surface area (Å²) in [5.41, 5.74) is 0.0235. The van der Waals surface area contributed by atoms with E-state index in [-0.39, 0.29) is 48.8 Å². The number of aliphatic hydroxyl groups excluding tert-OH is 1. The summed E-state index contributed by atoms with van der Waals surface area (Å²) in [6.07, 6.45) is 3.02. The molecular formula is C36H38BrN3O6. The topological polar surface area (TPSA) is 99.6 Å². The van der Waals surface area contributed by atoms with Crippen molar-refractivity contribution in [2.45, 2.75) is 35.9 Å². The molecular weight excluding hydrogens is 650 g/mol. The molecule has 0 radical (unpaired) electrons. The third-order valence-corrected chi connectivity index (χ3v) is 10.2. The Balaban J connectivity index is 1.39. The van der Waals surface area contributed by atoms with Gasteiger partial charge in [0.1, 0.15) is 17.4 Å². The van der Waals surface area contributed by atoms with Crippen LogP contribution < -0.4 is 14.5 Å². The van der Waals surface area contributed by atoms with Crippen LogP contribution in [-0.2, 0) is 19.1 Å². The molecule has 46 heavy (non-hydrogen) atoms. The molecule has 9 nitrogen and oxygen atoms in total. The van der Waals surface area contributed by atoms with Gasteiger partial charge >= 0.3 is 0 Å². The van der Waals surface area contributed by atoms with Gasteiger partial charge in [0, 0.05) is 35.8 Å². The molecule has 6 rings (SSSR count). The van der Waals surface area contributed by atoms with Crippen LogP contribution in [0, 0.1) is 11.8 Å². The van der Waals surface area contributed by atoms with Crippen LogP contribution in [0.2, 0.25) is 0 Å². The van der Waals surface area contributed by atoms with E-state index >= 15 is 0 Å². The van der Waals surface area contributed by atoms with Crippen LogP contribution in [0.25, 0.3) is 10.8 Å². The zero-order valence-corrected chi connectivity index (χ0v) is 27.3. The number of rotatable bonds is 12. The summed E-state index contributed by atoms with van der Waals surface area (Å²) in [6.45, 7) is 10.2. The van der Waals surface area contributed by atoms with E-state index in [1.54, 1.807) is 46.2 Å². The minimum Gasteiger partial charge on any atom is -0.494 e. The molecule has 3 saturated heterocycles. The zero-order chi connectivity index (χ0) is 32.6. The van der Waals surface area contributed by atoms with Gasteiger partial charge in [0.15, 0.2) is 0 Å². The number of ether oxygens (including phenoxy) is 2. The fourth-order valence-electron chi connectivity index (χ4n) is 7.50. The number of fused-ring (bicyclic) bond motifs is 2. The van der Waals surface area contributed by atoms with Crippen molar-refractivity contribution in [1.29, 1.82) is 0 Å². The van der Waals surface area contributed by atoms with E-state index in [0.29, 0.717) is 30.2 Å². The van der Waals surface area contributed by atoms with Gasteiger partial charge in [-0.2, -0.15) is 0 Å². The van der Waals surface area contributed by atoms with Crippen LogP contribution >= 0.6 is 15.9 Å². The second-order valence-electron chi connectivity index (χ2n) is 11.9. The molecule has 3 aliphatic heterocycles. The first-order valence-corrected chi connectivity index (χ1v) is 16.5. The summed E-state index contributed by atoms with van der Waals surface area (Å²) in [5, 5.41) is 12.1. The number of hydrogen-bond donors (Lipinski definition) is 1. The number of halogens is 1. The van der Waals surface area contributed by atoms with Gasteiger partial charge in [-0.3, -0.25) is 14.4 Å². The van der Waals surface area contributed by atoms with Crippen molar-refractivity contribution in [1.82, 2.24) is 4.90 Å². The van der Waals surface area contributed by atoms with Crippen molar-refractivity contribution in [3.63, 3.8) is 0 Å². The Hall–Kier alpha value is -3.99. The van der Waals surface area contributed by atoms with Crippen molar-refractivity contribution < 1.29 is 29.0 Å². The number of likely N-dealkylation sites (tertiary alicyclic amines) is 1. The van der Waals surface area contributed by atoms with E-state index in [1.807, 2.05) is 49.4 Å². The molecule has 1 N–H and O–H groups in total. The molecule has 3 amide bonds. The number of amides is 3. The number of hydrogen-bond acceptors (Lipinski definition) is 6. The smallest absolute Gasteiger partial charge is 0.253 e. The molecule has 240 valence electrons. The maximum absolute atomic E-state index is 14.7. The molecule has 10 heteroatoms. The molecule has 3 fully saturated rings. The third-order valence-electron chi connectivity index (χ3n) is 9.31. The Morgan fingerprint density at radius 2 is 1.67 bits per heavy atom. The minimum absolute atomic E-state index is 0.0652. The number of anilines is 2. The largest absolute Gasteiger partial charge is 0.494 e. The summed E-state index contributed by atoms with van der Waals surface area (Å²) in [5.74, 6) is -2.08. The lowest BCUT2D eigenvalue weighted by atomic mass is 9.70. The first kappa shape index (κ1) is 32.0. The Morgan fingerprint density at radius 1 is 1.02 bits per heavy atom. The Morgan fingerprint density at radius 3 is 2.33 bits per heavy atom. The van der Waals surface area contributed by atoms with Crippen LogP contribution in [0.1, 0.15) is 13.3 Å². The van der Waals surface area contributed by atoms with Crippen molar-refractivity contribution in [3.05, 3.63) is 92.0 Å². The predicted molar refractivity (Wildman–Crippen MR) is 181 cm³/mol. The van der Waals surface area contributed by atoms with Crippen LogP contribution in [0.3, 0.4) is 0 Å². The molecule has 3 aromatic rings. The van der Waals surface area contributed by atoms with Crippen molar-refractivity contribution in [2.24, 2.45) is 11.8 Å². The van der Waals surface area contributed by atoms with Crippen LogP contribution in [-0.4, -0.2) is 83.2 Å². The third kappa shape index (κ3) is 5.22. The maximum Gasteiger partial charge on any atom is 0.253 e. The van der Waals surface area contributed by atoms with Gasteiger partial charge in [-0.25, -0.2) is 0 Å². The Labute approximate surface area is 277 Å². The highest BCUT2D eigenvalue weighted by molar-refractivity contribution is 9.09. The highest BCUT2D eigenvalue weighted by atomic mass is 79.9. The van der Waals surface area contributed by atoms with E-state index in [1.165, 1.54) is 4.90 Å². The quantitative estimate of drug-likeness (QED) is 0.219. The van der Waals surface area contributed by atoms with Gasteiger partial charge in [-0.05, 0) is 60.5 Å². The number of carbonyl (C=O) groups excluding carboxylic acids is 3. The number of carbonyl (C=O) groups is 3. The van der Waals surface area contributed by atoms with Gasteiger partial charge in [-0.15, -0.1) is 13.2 Å². The van der Waals surface area contributed by atoms with E-state index in [0.717, 1.165) is 10.8 Å². The Bertz CT molecular complexity index is 1660. The summed E-state index contributed by atoms with van der Waals surface area (Å²) >= 11 is 3.75. The predicted octanol–water partition coefficient (Wildman–Crippen LogP) is 4.72. The number of β-amino-alcohol motifs (C(OH)–C–C–N with tert-alkyl or cyclic N) is 1. The molecule has 0 aromatic heterocycles. The van der Waals surface area contributed by atoms with Crippen LogP contribution in [0.15, 0.2) is 92.0 Å². The standard InChI is InChI=1S/C36H38BrN3O6/c1-4-17-38(25-13-15-27(16-14-25)45-6-3)33(42)29-30-34(43)40(19-20-41)32(36(30)22-28(37)31(29)46-36)35(44)39(18-5-2)26-12-11-23-9-7-8-10-24(23)21-26/h4-5,7-16,21,28-32,41H,1-2,6,17-20,22H2,3H3/t28?,29-,30+,31-,32?,36?/m1/s1. The van der Waals surface area contributed by atoms with Gasteiger partial charge in [-0.1, -0.05) is 58.4 Å². The van der Waals surface area contributed by atoms with Crippen LogP contribution in [0.5, 0.6) is 5.75 Å². The Kier molecular flexibility index (Phi) is 9.05. The van der Waals surface area contributed by atoms with Gasteiger partial charge in [0.2, 0.25) is 11.8 Å². The molecule has 1 spiro atoms. The maximum atomic E-state index is 14.7. The lowest BCUT2D eigenvalue weighted by Gasteiger charge is -2.37. The van der Waals surface area contributed by atoms with E-state index in [9.17, 15) is 19.5 Å². The highest BCUT2D eigenvalue weighted by Gasteiger charge is 2.77. The first-order valence-electron chi connectivity index (χ1n) is 15.6. The van der Waals surface area contributed by atoms with Crippen molar-refractivity contribution in [2.75, 3.05) is 42.6 Å². The lowest BCUT2D eigenvalue weighted by Crippen LogP contribution is -2.57. The highest BCUT2D eigenvalue weighted by Crippen LogP contribution is 2.60. The molecule has 0 saturated carbocycles. The second-order valence-corrected chi connectivity index (χ2v) is 13.0. The van der Waals surface area contributed by atoms with Crippen molar-refractivity contribution >= 4 is 55.8 Å². The first-order chi connectivity index (χ1) is 22.3. The molecule has 0 aliphatic carbocycles. The lowest BCUT2D eigenvalue weighted by molar-refractivity contribution is -0.141. The zero-order valence-electron chi connectivity index (χ0n) is 25.8. The monoisotopic (exact) mass is 687 g/mol. The van der Waals surface area contributed by atoms with Gasteiger partial charge in [0.05, 0.1) is 31.2 Å². The van der Waals surface area contributed by atoms with E-state index in [2.05, 4.69) is 29.1 Å². The number of aliphatic hydroxyl groups is 1. The SMILES string of the molecule is C=CCN(C(=O)C1N(CCO)C(=O)[C@@H]2[C@@H](C(=O)N(CC=C)c3ccc(OCC)cc3)[C@@H]3OC12CC3Br)c1ccc2ccccc2c1. The van der Waals surface area contributed by atoms with Gasteiger partial charge < -0.3 is 29.3 Å². The van der Waals surface area contributed by atoms with E-state index < -0.39 is 29.6 Å². The van der Waals surface area contributed by atoms with Gasteiger partial charge in [0.25, 0.3) is 5.91 Å². The second kappa shape index (κ2) is 13.0. The molecule has 3 aromatic carbocycles. The minimum atomic E-state index is -1.27. The number of benzene rings is 3. The van der Waals surface area contributed by atoms with Crippen LogP contribution in [0.4, 0.5) is 11.4 Å². The van der Waals surface area contributed by atoms with E-state index in [4.69, 9.17) is 9.47 Å². The number of alkyl halides is 1. The fraction of sp³-hybridized carbons (Fsp3) is 0.361. The summed E-state index contributed by atoms with van der Waals surface area (Å²) < 4.78 is 12.3. The normalized spacial score (nSPS) is 26.2. The molecule has 2 bridgehead atoms. The molecule has 3 heterocycles. The number of nitrogens with zero attached hydrogens (tertiary/aromatic N) is 3. The summed E-state index contributed by atoms with van der Waals surface area (Å²) in [7, 11) is 0. The fourth-order valence-corrected chi connectivity index (χ4v) is 8.45.